The number of rotatable bonds is 6. The molecule has 0 saturated carbocycles. The fourth-order valence-electron chi connectivity index (χ4n) is 4.05. The molecular weight excluding hydrogens is 375 g/mol. The van der Waals surface area contributed by atoms with Gasteiger partial charge in [0.1, 0.15) is 11.1 Å². The summed E-state index contributed by atoms with van der Waals surface area (Å²) in [5.41, 5.74) is 2.25. The van der Waals surface area contributed by atoms with E-state index in [2.05, 4.69) is 97.1 Å². The Hall–Kier alpha value is -2.67. The number of allylic oxidation sites excluding steroid dienone is 1. The van der Waals surface area contributed by atoms with Crippen LogP contribution in [0.15, 0.2) is 109 Å². The van der Waals surface area contributed by atoms with Crippen LogP contribution >= 0.6 is 7.92 Å². The van der Waals surface area contributed by atoms with E-state index >= 15 is 0 Å². The number of ether oxygens (including phenoxy) is 2. The van der Waals surface area contributed by atoms with Gasteiger partial charge in [-0.1, -0.05) is 97.1 Å². The lowest BCUT2D eigenvalue weighted by Crippen LogP contribution is -2.39. The fourth-order valence-corrected chi connectivity index (χ4v) is 7.05. The van der Waals surface area contributed by atoms with Crippen molar-refractivity contribution in [3.63, 3.8) is 0 Å². The Balaban J connectivity index is 2.00. The molecular formula is C26H25O2P. The molecule has 1 aliphatic carbocycles. The summed E-state index contributed by atoms with van der Waals surface area (Å²) in [5, 5.41) is 2.05. The standard InChI is InChI=1S/C26H25O2P/c1-27-24-19-12-20-26(28-2,25(24)21-13-6-3-7-14-21)29(22-15-8-4-9-16-22)23-17-10-5-11-18-23/h3-19H,20H2,1-2H3. The van der Waals surface area contributed by atoms with E-state index in [-0.39, 0.29) is 0 Å². The van der Waals surface area contributed by atoms with Gasteiger partial charge >= 0.3 is 0 Å². The Kier molecular flexibility index (Phi) is 5.94. The third-order valence-electron chi connectivity index (χ3n) is 5.31. The Labute approximate surface area is 174 Å². The summed E-state index contributed by atoms with van der Waals surface area (Å²) in [6.07, 6.45) is 5.04. The fraction of sp³-hybridized carbons (Fsp3) is 0.154. The SMILES string of the molecule is COC1=C(c2ccccc2)C(OC)(P(c2ccccc2)c2ccccc2)CC=C1. The topological polar surface area (TPSA) is 18.5 Å². The van der Waals surface area contributed by atoms with Crippen LogP contribution in [0.1, 0.15) is 12.0 Å². The first-order chi connectivity index (χ1) is 14.3. The second-order valence-electron chi connectivity index (χ2n) is 6.91. The highest BCUT2D eigenvalue weighted by Gasteiger charge is 2.46. The summed E-state index contributed by atoms with van der Waals surface area (Å²) in [7, 11) is 2.71. The van der Waals surface area contributed by atoms with E-state index in [1.807, 2.05) is 13.2 Å². The van der Waals surface area contributed by atoms with Crippen LogP contribution < -0.4 is 10.6 Å². The van der Waals surface area contributed by atoms with E-state index in [0.29, 0.717) is 0 Å². The number of hydrogen-bond acceptors (Lipinski definition) is 2. The van der Waals surface area contributed by atoms with Gasteiger partial charge in [-0.25, -0.2) is 0 Å². The zero-order valence-electron chi connectivity index (χ0n) is 16.8. The second kappa shape index (κ2) is 8.78. The normalized spacial score (nSPS) is 18.9. The molecule has 0 spiro atoms. The maximum absolute atomic E-state index is 6.49. The van der Waals surface area contributed by atoms with Crippen LogP contribution in [-0.4, -0.2) is 19.6 Å². The molecule has 0 N–H and O–H groups in total. The molecule has 0 radical (unpaired) electrons. The van der Waals surface area contributed by atoms with Crippen LogP contribution in [0.5, 0.6) is 0 Å². The first kappa shape index (κ1) is 19.6. The van der Waals surface area contributed by atoms with Gasteiger partial charge in [0.15, 0.2) is 0 Å². The van der Waals surface area contributed by atoms with Crippen molar-refractivity contribution in [1.29, 1.82) is 0 Å². The minimum absolute atomic E-state index is 0.528. The molecule has 0 aromatic heterocycles. The molecule has 2 nitrogen and oxygen atoms in total. The molecule has 146 valence electrons. The molecule has 0 aliphatic heterocycles. The minimum atomic E-state index is -0.860. The molecule has 0 heterocycles. The van der Waals surface area contributed by atoms with Crippen molar-refractivity contribution in [2.45, 2.75) is 11.8 Å². The quantitative estimate of drug-likeness (QED) is 0.510. The smallest absolute Gasteiger partial charge is 0.127 e. The third-order valence-corrected chi connectivity index (χ3v) is 8.25. The predicted molar refractivity (Wildman–Crippen MR) is 123 cm³/mol. The van der Waals surface area contributed by atoms with Gasteiger partial charge in [0.05, 0.1) is 7.11 Å². The van der Waals surface area contributed by atoms with Gasteiger partial charge in [-0.2, -0.15) is 0 Å². The Morgan fingerprint density at radius 2 is 1.24 bits per heavy atom. The highest BCUT2D eigenvalue weighted by molar-refractivity contribution is 7.74. The molecule has 0 bridgehead atoms. The van der Waals surface area contributed by atoms with Gasteiger partial charge in [0, 0.05) is 19.1 Å². The van der Waals surface area contributed by atoms with Crippen LogP contribution in [0.4, 0.5) is 0 Å². The average Bonchev–Trinajstić information content (AvgIpc) is 2.81. The Morgan fingerprint density at radius 3 is 1.72 bits per heavy atom. The zero-order valence-corrected chi connectivity index (χ0v) is 17.7. The second-order valence-corrected chi connectivity index (χ2v) is 9.34. The average molecular weight is 400 g/mol. The summed E-state index contributed by atoms with van der Waals surface area (Å²) >= 11 is 0. The maximum Gasteiger partial charge on any atom is 0.127 e. The van der Waals surface area contributed by atoms with Gasteiger partial charge in [0.2, 0.25) is 0 Å². The molecule has 29 heavy (non-hydrogen) atoms. The molecule has 0 saturated heterocycles. The monoisotopic (exact) mass is 400 g/mol. The van der Waals surface area contributed by atoms with Crippen molar-refractivity contribution in [3.05, 3.63) is 114 Å². The first-order valence-electron chi connectivity index (χ1n) is 9.76. The highest BCUT2D eigenvalue weighted by atomic mass is 31.1. The van der Waals surface area contributed by atoms with Crippen molar-refractivity contribution < 1.29 is 9.47 Å². The lowest BCUT2D eigenvalue weighted by Gasteiger charge is -2.44. The van der Waals surface area contributed by atoms with Crippen LogP contribution in [0.2, 0.25) is 0 Å². The third kappa shape index (κ3) is 3.67. The van der Waals surface area contributed by atoms with Gasteiger partial charge < -0.3 is 9.47 Å². The van der Waals surface area contributed by atoms with E-state index in [4.69, 9.17) is 9.47 Å². The van der Waals surface area contributed by atoms with Crippen LogP contribution in [0, 0.1) is 0 Å². The molecule has 3 aromatic carbocycles. The summed E-state index contributed by atoms with van der Waals surface area (Å²) in [5.74, 6) is 0.865. The molecule has 4 rings (SSSR count). The van der Waals surface area contributed by atoms with Crippen LogP contribution in [0.25, 0.3) is 5.57 Å². The summed E-state index contributed by atoms with van der Waals surface area (Å²) in [6, 6.07) is 31.9. The highest BCUT2D eigenvalue weighted by Crippen LogP contribution is 2.59. The first-order valence-corrected chi connectivity index (χ1v) is 11.1. The summed E-state index contributed by atoms with van der Waals surface area (Å²) in [6.45, 7) is 0. The van der Waals surface area contributed by atoms with E-state index in [9.17, 15) is 0 Å². The van der Waals surface area contributed by atoms with Crippen molar-refractivity contribution in [3.8, 4) is 0 Å². The Bertz CT molecular complexity index is 957. The molecule has 0 amide bonds. The lowest BCUT2D eigenvalue weighted by molar-refractivity contribution is 0.113. The Morgan fingerprint density at radius 1 is 0.724 bits per heavy atom. The van der Waals surface area contributed by atoms with E-state index < -0.39 is 13.3 Å². The van der Waals surface area contributed by atoms with E-state index in [1.54, 1.807) is 7.11 Å². The van der Waals surface area contributed by atoms with Crippen molar-refractivity contribution in [1.82, 2.24) is 0 Å². The van der Waals surface area contributed by atoms with Gasteiger partial charge in [-0.15, -0.1) is 0 Å². The van der Waals surface area contributed by atoms with E-state index in [0.717, 1.165) is 23.3 Å². The van der Waals surface area contributed by atoms with Crippen molar-refractivity contribution >= 4 is 24.1 Å². The molecule has 3 heteroatoms. The van der Waals surface area contributed by atoms with Gasteiger partial charge in [-0.3, -0.25) is 0 Å². The molecule has 1 unspecified atom stereocenters. The predicted octanol–water partition coefficient (Wildman–Crippen LogP) is 5.48. The van der Waals surface area contributed by atoms with Crippen LogP contribution in [-0.2, 0) is 9.47 Å². The van der Waals surface area contributed by atoms with Crippen LogP contribution in [0.3, 0.4) is 0 Å². The number of benzene rings is 3. The number of hydrogen-bond donors (Lipinski definition) is 0. The zero-order chi connectivity index (χ0) is 20.1. The maximum atomic E-state index is 6.49. The van der Waals surface area contributed by atoms with Gasteiger partial charge in [0.25, 0.3) is 0 Å². The lowest BCUT2D eigenvalue weighted by atomic mass is 9.92. The minimum Gasteiger partial charge on any atom is -0.496 e. The molecule has 0 fully saturated rings. The molecule has 1 atom stereocenters. The summed E-state index contributed by atoms with van der Waals surface area (Å²) in [4.78, 5) is 0. The van der Waals surface area contributed by atoms with Crippen molar-refractivity contribution in [2.24, 2.45) is 0 Å². The van der Waals surface area contributed by atoms with Gasteiger partial charge in [-0.05, 0) is 30.2 Å². The molecule has 1 aliphatic rings. The van der Waals surface area contributed by atoms with Crippen molar-refractivity contribution in [2.75, 3.05) is 14.2 Å². The molecule has 3 aromatic rings. The summed E-state index contributed by atoms with van der Waals surface area (Å²) < 4.78 is 12.3. The largest absolute Gasteiger partial charge is 0.496 e. The van der Waals surface area contributed by atoms with E-state index in [1.165, 1.54) is 10.6 Å². The number of methoxy groups -OCH3 is 2.